The third-order valence-corrected chi connectivity index (χ3v) is 4.13. The molecule has 1 N–H and O–H groups in total. The zero-order valence-electron chi connectivity index (χ0n) is 13.0. The van der Waals surface area contributed by atoms with Gasteiger partial charge in [0.1, 0.15) is 5.82 Å². The molecule has 112 valence electrons. The maximum absolute atomic E-state index is 4.93. The molecule has 1 saturated heterocycles. The van der Waals surface area contributed by atoms with Crippen LogP contribution < -0.4 is 10.2 Å². The molecular weight excluding hydrogens is 260 g/mol. The van der Waals surface area contributed by atoms with E-state index in [0.29, 0.717) is 0 Å². The number of rotatable bonds is 4. The highest BCUT2D eigenvalue weighted by Crippen LogP contribution is 2.26. The van der Waals surface area contributed by atoms with Crippen molar-refractivity contribution in [3.63, 3.8) is 0 Å². The van der Waals surface area contributed by atoms with Crippen LogP contribution >= 0.6 is 0 Å². The van der Waals surface area contributed by atoms with Gasteiger partial charge in [0.05, 0.1) is 5.69 Å². The minimum atomic E-state index is 0.835. The highest BCUT2D eigenvalue weighted by molar-refractivity contribution is 5.92. The summed E-state index contributed by atoms with van der Waals surface area (Å²) in [6.07, 6.45) is 0. The van der Waals surface area contributed by atoms with E-state index in [2.05, 4.69) is 59.4 Å². The standard InChI is InChI=1S/C17H24N4/c1-3-18-13-15-12-14-6-4-5-7-16(14)17(19-15)21-10-8-20(2)9-11-21/h4-7,12,18H,3,8-11,13H2,1-2H3. The van der Waals surface area contributed by atoms with Crippen LogP contribution in [0.1, 0.15) is 12.6 Å². The molecule has 21 heavy (non-hydrogen) atoms. The van der Waals surface area contributed by atoms with Gasteiger partial charge >= 0.3 is 0 Å². The Bertz CT molecular complexity index is 603. The molecule has 2 heterocycles. The molecule has 0 atom stereocenters. The molecule has 3 rings (SSSR count). The fourth-order valence-electron chi connectivity index (χ4n) is 2.84. The van der Waals surface area contributed by atoms with Gasteiger partial charge in [-0.15, -0.1) is 0 Å². The maximum atomic E-state index is 4.93. The van der Waals surface area contributed by atoms with E-state index in [4.69, 9.17) is 4.98 Å². The molecule has 0 radical (unpaired) electrons. The SMILES string of the molecule is CCNCc1cc2ccccc2c(N2CCN(C)CC2)n1. The zero-order valence-corrected chi connectivity index (χ0v) is 13.0. The van der Waals surface area contributed by atoms with Crippen LogP contribution in [0, 0.1) is 0 Å². The Kier molecular flexibility index (Phi) is 4.36. The van der Waals surface area contributed by atoms with E-state index in [1.54, 1.807) is 0 Å². The normalized spacial score (nSPS) is 16.6. The molecule has 1 aliphatic heterocycles. The van der Waals surface area contributed by atoms with Crippen molar-refractivity contribution in [1.29, 1.82) is 0 Å². The number of pyridine rings is 1. The lowest BCUT2D eigenvalue weighted by atomic mass is 10.1. The van der Waals surface area contributed by atoms with Gasteiger partial charge in [-0.05, 0) is 25.0 Å². The minimum Gasteiger partial charge on any atom is -0.354 e. The number of likely N-dealkylation sites (N-methyl/N-ethyl adjacent to an activating group) is 1. The first-order valence-corrected chi connectivity index (χ1v) is 7.81. The molecule has 0 saturated carbocycles. The Labute approximate surface area is 126 Å². The molecular formula is C17H24N4. The van der Waals surface area contributed by atoms with Gasteiger partial charge in [-0.1, -0.05) is 31.2 Å². The summed E-state index contributed by atoms with van der Waals surface area (Å²) >= 11 is 0. The van der Waals surface area contributed by atoms with Gasteiger partial charge in [0.2, 0.25) is 0 Å². The van der Waals surface area contributed by atoms with Crippen molar-refractivity contribution in [3.8, 4) is 0 Å². The summed E-state index contributed by atoms with van der Waals surface area (Å²) in [6, 6.07) is 10.8. The van der Waals surface area contributed by atoms with Crippen LogP contribution in [-0.4, -0.2) is 49.7 Å². The van der Waals surface area contributed by atoms with Gasteiger partial charge in [0, 0.05) is 38.1 Å². The van der Waals surface area contributed by atoms with Crippen molar-refractivity contribution in [2.24, 2.45) is 0 Å². The highest BCUT2D eigenvalue weighted by Gasteiger charge is 2.18. The molecule has 0 aliphatic carbocycles. The maximum Gasteiger partial charge on any atom is 0.136 e. The number of benzene rings is 1. The fourth-order valence-corrected chi connectivity index (χ4v) is 2.84. The van der Waals surface area contributed by atoms with Crippen LogP contribution in [0.15, 0.2) is 30.3 Å². The molecule has 0 bridgehead atoms. The van der Waals surface area contributed by atoms with Crippen LogP contribution in [0.2, 0.25) is 0 Å². The van der Waals surface area contributed by atoms with Crippen molar-refractivity contribution in [2.75, 3.05) is 44.7 Å². The van der Waals surface area contributed by atoms with Crippen molar-refractivity contribution in [2.45, 2.75) is 13.5 Å². The molecule has 0 unspecified atom stereocenters. The summed E-state index contributed by atoms with van der Waals surface area (Å²) in [6.45, 7) is 8.25. The lowest BCUT2D eigenvalue weighted by Gasteiger charge is -2.34. The molecule has 4 nitrogen and oxygen atoms in total. The van der Waals surface area contributed by atoms with Crippen molar-refractivity contribution in [3.05, 3.63) is 36.0 Å². The second-order valence-corrected chi connectivity index (χ2v) is 5.73. The Hall–Kier alpha value is -1.65. The number of hydrogen-bond acceptors (Lipinski definition) is 4. The number of nitrogens with one attached hydrogen (secondary N) is 1. The number of hydrogen-bond donors (Lipinski definition) is 1. The third kappa shape index (κ3) is 3.17. The molecule has 4 heteroatoms. The van der Waals surface area contributed by atoms with Crippen LogP contribution in [0.3, 0.4) is 0 Å². The smallest absolute Gasteiger partial charge is 0.136 e. The van der Waals surface area contributed by atoms with E-state index < -0.39 is 0 Å². The second-order valence-electron chi connectivity index (χ2n) is 5.73. The summed E-state index contributed by atoms with van der Waals surface area (Å²) in [5.74, 6) is 1.15. The summed E-state index contributed by atoms with van der Waals surface area (Å²) in [5, 5.41) is 5.93. The van der Waals surface area contributed by atoms with E-state index in [9.17, 15) is 0 Å². The Morgan fingerprint density at radius 1 is 1.14 bits per heavy atom. The van der Waals surface area contributed by atoms with Crippen molar-refractivity contribution >= 4 is 16.6 Å². The molecule has 1 aromatic carbocycles. The first kappa shape index (κ1) is 14.3. The average Bonchev–Trinajstić information content (AvgIpc) is 2.53. The van der Waals surface area contributed by atoms with Gasteiger partial charge < -0.3 is 15.1 Å². The summed E-state index contributed by atoms with van der Waals surface area (Å²) < 4.78 is 0. The van der Waals surface area contributed by atoms with Gasteiger partial charge in [-0.25, -0.2) is 4.98 Å². The summed E-state index contributed by atoms with van der Waals surface area (Å²) in [4.78, 5) is 9.74. The van der Waals surface area contributed by atoms with Gasteiger partial charge in [0.15, 0.2) is 0 Å². The van der Waals surface area contributed by atoms with Crippen LogP contribution in [-0.2, 0) is 6.54 Å². The molecule has 1 aliphatic rings. The second kappa shape index (κ2) is 6.41. The first-order valence-electron chi connectivity index (χ1n) is 7.81. The monoisotopic (exact) mass is 284 g/mol. The van der Waals surface area contributed by atoms with Gasteiger partial charge in [-0.3, -0.25) is 0 Å². The predicted octanol–water partition coefficient (Wildman–Crippen LogP) is 2.10. The number of fused-ring (bicyclic) bond motifs is 1. The lowest BCUT2D eigenvalue weighted by Crippen LogP contribution is -2.45. The fraction of sp³-hybridized carbons (Fsp3) is 0.471. The number of nitrogens with zero attached hydrogens (tertiary/aromatic N) is 3. The molecule has 2 aromatic rings. The number of anilines is 1. The van der Waals surface area contributed by atoms with Crippen LogP contribution in [0.5, 0.6) is 0 Å². The molecule has 1 fully saturated rings. The largest absolute Gasteiger partial charge is 0.354 e. The Morgan fingerprint density at radius 3 is 2.67 bits per heavy atom. The minimum absolute atomic E-state index is 0.835. The van der Waals surface area contributed by atoms with E-state index >= 15 is 0 Å². The average molecular weight is 284 g/mol. The summed E-state index contributed by atoms with van der Waals surface area (Å²) in [5.41, 5.74) is 1.13. The molecule has 0 spiro atoms. The van der Waals surface area contributed by atoms with E-state index in [0.717, 1.165) is 50.8 Å². The van der Waals surface area contributed by atoms with Crippen LogP contribution in [0.25, 0.3) is 10.8 Å². The first-order chi connectivity index (χ1) is 10.3. The van der Waals surface area contributed by atoms with Crippen LogP contribution in [0.4, 0.5) is 5.82 Å². The van der Waals surface area contributed by atoms with Crippen molar-refractivity contribution < 1.29 is 0 Å². The van der Waals surface area contributed by atoms with E-state index in [-0.39, 0.29) is 0 Å². The number of piperazine rings is 1. The topological polar surface area (TPSA) is 31.4 Å². The zero-order chi connectivity index (χ0) is 14.7. The quantitative estimate of drug-likeness (QED) is 0.931. The van der Waals surface area contributed by atoms with E-state index in [1.165, 1.54) is 10.8 Å². The predicted molar refractivity (Wildman–Crippen MR) is 88.8 cm³/mol. The Balaban J connectivity index is 1.98. The molecule has 0 amide bonds. The third-order valence-electron chi connectivity index (χ3n) is 4.13. The van der Waals surface area contributed by atoms with Gasteiger partial charge in [-0.2, -0.15) is 0 Å². The number of aromatic nitrogens is 1. The lowest BCUT2D eigenvalue weighted by molar-refractivity contribution is 0.312. The van der Waals surface area contributed by atoms with Crippen molar-refractivity contribution in [1.82, 2.24) is 15.2 Å². The summed E-state index contributed by atoms with van der Waals surface area (Å²) in [7, 11) is 2.18. The van der Waals surface area contributed by atoms with Gasteiger partial charge in [0.25, 0.3) is 0 Å². The molecule has 1 aromatic heterocycles. The Morgan fingerprint density at radius 2 is 1.90 bits per heavy atom. The van der Waals surface area contributed by atoms with E-state index in [1.807, 2.05) is 0 Å². The highest BCUT2D eigenvalue weighted by atomic mass is 15.3.